The Morgan fingerprint density at radius 1 is 1.04 bits per heavy atom. The van der Waals surface area contributed by atoms with Gasteiger partial charge in [0.25, 0.3) is 10.0 Å². The van der Waals surface area contributed by atoms with Gasteiger partial charge >= 0.3 is 0 Å². The summed E-state index contributed by atoms with van der Waals surface area (Å²) in [5, 5.41) is 0.877. The smallest absolute Gasteiger partial charge is 0.261 e. The number of anilines is 1. The molecule has 0 radical (unpaired) electrons. The quantitative estimate of drug-likeness (QED) is 0.721. The summed E-state index contributed by atoms with van der Waals surface area (Å²) in [5.74, 6) is 0.601. The second kappa shape index (κ2) is 7.31. The molecule has 2 aromatic carbocycles. The van der Waals surface area contributed by atoms with Gasteiger partial charge in [0.2, 0.25) is 0 Å². The highest BCUT2D eigenvalue weighted by Crippen LogP contribution is 2.25. The Kier molecular flexibility index (Phi) is 5.11. The van der Waals surface area contributed by atoms with E-state index in [1.165, 1.54) is 19.2 Å². The van der Waals surface area contributed by atoms with Gasteiger partial charge in [0.1, 0.15) is 5.75 Å². The van der Waals surface area contributed by atoms with E-state index >= 15 is 0 Å². The van der Waals surface area contributed by atoms with E-state index in [1.54, 1.807) is 18.2 Å². The molecule has 0 aliphatic heterocycles. The van der Waals surface area contributed by atoms with E-state index in [0.717, 1.165) is 11.1 Å². The third kappa shape index (κ3) is 3.95. The molecule has 0 amide bonds. The lowest BCUT2D eigenvalue weighted by Crippen LogP contribution is -2.14. The summed E-state index contributed by atoms with van der Waals surface area (Å²) in [6.07, 6.45) is 0. The molecular formula is C19H21N3O3S. The van der Waals surface area contributed by atoms with Crippen molar-refractivity contribution < 1.29 is 13.2 Å². The van der Waals surface area contributed by atoms with Gasteiger partial charge in [-0.2, -0.15) is 0 Å². The lowest BCUT2D eigenvalue weighted by Gasteiger charge is -2.13. The van der Waals surface area contributed by atoms with E-state index in [4.69, 9.17) is 4.74 Å². The molecule has 0 saturated carbocycles. The number of ether oxygens (including phenoxy) is 1. The lowest BCUT2D eigenvalue weighted by atomic mass is 10.2. The molecule has 0 atom stereocenters. The highest BCUT2D eigenvalue weighted by Gasteiger charge is 2.16. The molecule has 0 aliphatic carbocycles. The number of para-hydroxylation sites is 1. The summed E-state index contributed by atoms with van der Waals surface area (Å²) in [6.45, 7) is 0.676. The number of hydrogen-bond acceptors (Lipinski definition) is 5. The molecule has 136 valence electrons. The Morgan fingerprint density at radius 3 is 2.42 bits per heavy atom. The number of nitrogens with zero attached hydrogens (tertiary/aromatic N) is 2. The molecule has 0 aliphatic rings. The predicted octanol–water partition coefficient (Wildman–Crippen LogP) is 3.11. The van der Waals surface area contributed by atoms with E-state index in [2.05, 4.69) is 9.71 Å². The van der Waals surface area contributed by atoms with Crippen molar-refractivity contribution >= 4 is 26.6 Å². The van der Waals surface area contributed by atoms with Crippen LogP contribution in [0.15, 0.2) is 59.5 Å². The zero-order valence-corrected chi connectivity index (χ0v) is 15.7. The minimum absolute atomic E-state index is 0.166. The van der Waals surface area contributed by atoms with Gasteiger partial charge in [-0.05, 0) is 50.5 Å². The average molecular weight is 371 g/mol. The molecule has 0 unspecified atom stereocenters. The van der Waals surface area contributed by atoms with Gasteiger partial charge in [-0.1, -0.05) is 18.2 Å². The van der Waals surface area contributed by atoms with Crippen LogP contribution in [0.3, 0.4) is 0 Å². The molecular weight excluding hydrogens is 350 g/mol. The monoisotopic (exact) mass is 371 g/mol. The molecule has 3 aromatic rings. The van der Waals surface area contributed by atoms with Crippen LogP contribution in [0, 0.1) is 0 Å². The summed E-state index contributed by atoms with van der Waals surface area (Å²) in [5.41, 5.74) is 1.96. The summed E-state index contributed by atoms with van der Waals surface area (Å²) >= 11 is 0. The molecule has 0 bridgehead atoms. The number of nitrogens with one attached hydrogen (secondary N) is 1. The molecule has 0 spiro atoms. The number of aromatic nitrogens is 1. The van der Waals surface area contributed by atoms with Gasteiger partial charge in [0.15, 0.2) is 0 Å². The van der Waals surface area contributed by atoms with Crippen molar-refractivity contribution in [3.05, 3.63) is 60.3 Å². The van der Waals surface area contributed by atoms with Gasteiger partial charge in [-0.25, -0.2) is 13.4 Å². The summed E-state index contributed by atoms with van der Waals surface area (Å²) < 4.78 is 33.2. The third-order valence-electron chi connectivity index (χ3n) is 3.87. The van der Waals surface area contributed by atoms with Crippen LogP contribution in [0.4, 0.5) is 5.69 Å². The molecule has 0 fully saturated rings. The topological polar surface area (TPSA) is 71.5 Å². The van der Waals surface area contributed by atoms with E-state index in [1.807, 2.05) is 43.3 Å². The average Bonchev–Trinajstić information content (AvgIpc) is 2.61. The van der Waals surface area contributed by atoms with Crippen LogP contribution >= 0.6 is 0 Å². The van der Waals surface area contributed by atoms with E-state index in [-0.39, 0.29) is 4.90 Å². The molecule has 7 heteroatoms. The van der Waals surface area contributed by atoms with Gasteiger partial charge in [0.05, 0.1) is 28.9 Å². The van der Waals surface area contributed by atoms with Crippen LogP contribution in [-0.2, 0) is 16.6 Å². The lowest BCUT2D eigenvalue weighted by molar-refractivity contribution is 0.397. The fourth-order valence-electron chi connectivity index (χ4n) is 2.64. The number of pyridine rings is 1. The first-order chi connectivity index (χ1) is 12.4. The fourth-order valence-corrected chi connectivity index (χ4v) is 3.71. The first kappa shape index (κ1) is 18.2. The van der Waals surface area contributed by atoms with Crippen molar-refractivity contribution in [2.24, 2.45) is 0 Å². The van der Waals surface area contributed by atoms with Gasteiger partial charge in [-0.3, -0.25) is 4.72 Å². The van der Waals surface area contributed by atoms with E-state index in [9.17, 15) is 8.42 Å². The number of hydrogen-bond donors (Lipinski definition) is 1. The van der Waals surface area contributed by atoms with E-state index in [0.29, 0.717) is 23.5 Å². The molecule has 26 heavy (non-hydrogen) atoms. The largest absolute Gasteiger partial charge is 0.497 e. The second-order valence-electron chi connectivity index (χ2n) is 6.20. The first-order valence-corrected chi connectivity index (χ1v) is 9.57. The molecule has 6 nitrogen and oxygen atoms in total. The maximum absolute atomic E-state index is 12.7. The SMILES string of the molecule is COc1ccc(S(=O)(=O)Nc2cccc3ccc(CN(C)C)nc23)cc1. The minimum Gasteiger partial charge on any atom is -0.497 e. The van der Waals surface area contributed by atoms with Crippen LogP contribution in [0.1, 0.15) is 5.69 Å². The third-order valence-corrected chi connectivity index (χ3v) is 5.25. The highest BCUT2D eigenvalue weighted by atomic mass is 32.2. The van der Waals surface area contributed by atoms with Crippen molar-refractivity contribution in [3.63, 3.8) is 0 Å². The number of methoxy groups -OCH3 is 1. The zero-order chi connectivity index (χ0) is 18.7. The van der Waals surface area contributed by atoms with Crippen LogP contribution in [0.2, 0.25) is 0 Å². The van der Waals surface area contributed by atoms with E-state index < -0.39 is 10.0 Å². The van der Waals surface area contributed by atoms with Crippen molar-refractivity contribution in [1.29, 1.82) is 0 Å². The van der Waals surface area contributed by atoms with Crippen molar-refractivity contribution in [2.45, 2.75) is 11.4 Å². The Hall–Kier alpha value is -2.64. The Morgan fingerprint density at radius 2 is 1.77 bits per heavy atom. The molecule has 1 heterocycles. The number of benzene rings is 2. The Labute approximate surface area is 153 Å². The van der Waals surface area contributed by atoms with Crippen molar-refractivity contribution in [3.8, 4) is 5.75 Å². The van der Waals surface area contributed by atoms with Crippen molar-refractivity contribution in [2.75, 3.05) is 25.9 Å². The predicted molar refractivity (Wildman–Crippen MR) is 103 cm³/mol. The second-order valence-corrected chi connectivity index (χ2v) is 7.88. The van der Waals surface area contributed by atoms with Crippen LogP contribution in [0.25, 0.3) is 10.9 Å². The number of sulfonamides is 1. The summed E-state index contributed by atoms with van der Waals surface area (Å²) in [6, 6.07) is 15.6. The zero-order valence-electron chi connectivity index (χ0n) is 14.9. The van der Waals surface area contributed by atoms with Gasteiger partial charge in [-0.15, -0.1) is 0 Å². The first-order valence-electron chi connectivity index (χ1n) is 8.09. The van der Waals surface area contributed by atoms with Crippen LogP contribution in [-0.4, -0.2) is 39.5 Å². The Bertz CT molecular complexity index is 1020. The normalized spacial score (nSPS) is 11.7. The standard InChI is InChI=1S/C19H21N3O3S/c1-22(2)13-15-8-7-14-5-4-6-18(19(14)20-15)21-26(23,24)17-11-9-16(25-3)10-12-17/h4-12,21H,13H2,1-3H3. The van der Waals surface area contributed by atoms with Gasteiger partial charge < -0.3 is 9.64 Å². The molecule has 0 saturated heterocycles. The maximum Gasteiger partial charge on any atom is 0.261 e. The van der Waals surface area contributed by atoms with Crippen LogP contribution < -0.4 is 9.46 Å². The molecule has 1 aromatic heterocycles. The Balaban J connectivity index is 1.98. The maximum atomic E-state index is 12.7. The highest BCUT2D eigenvalue weighted by molar-refractivity contribution is 7.92. The minimum atomic E-state index is -3.72. The number of fused-ring (bicyclic) bond motifs is 1. The van der Waals surface area contributed by atoms with Crippen LogP contribution in [0.5, 0.6) is 5.75 Å². The summed E-state index contributed by atoms with van der Waals surface area (Å²) in [4.78, 5) is 6.81. The van der Waals surface area contributed by atoms with Crippen molar-refractivity contribution in [1.82, 2.24) is 9.88 Å². The molecule has 3 rings (SSSR count). The fraction of sp³-hybridized carbons (Fsp3) is 0.211. The van der Waals surface area contributed by atoms with Gasteiger partial charge in [0, 0.05) is 11.9 Å². The number of rotatable bonds is 6. The molecule has 1 N–H and O–H groups in total. The summed E-state index contributed by atoms with van der Waals surface area (Å²) in [7, 11) is 1.74.